The van der Waals surface area contributed by atoms with E-state index in [0.29, 0.717) is 11.1 Å². The van der Waals surface area contributed by atoms with Gasteiger partial charge >= 0.3 is 0 Å². The van der Waals surface area contributed by atoms with Crippen molar-refractivity contribution >= 4 is 34.6 Å². The number of hydrogen-bond donors (Lipinski definition) is 1. The molecule has 0 radical (unpaired) electrons. The Bertz CT molecular complexity index is 467. The number of ether oxygens (including phenoxy) is 1. The van der Waals surface area contributed by atoms with E-state index < -0.39 is 0 Å². The Balaban J connectivity index is 2.11. The molecule has 5 heteroatoms. The molecule has 19 heavy (non-hydrogen) atoms. The van der Waals surface area contributed by atoms with Crippen molar-refractivity contribution in [3.8, 4) is 5.75 Å². The summed E-state index contributed by atoms with van der Waals surface area (Å²) in [6.45, 7) is 3.22. The van der Waals surface area contributed by atoms with Gasteiger partial charge in [-0.1, -0.05) is 11.6 Å². The summed E-state index contributed by atoms with van der Waals surface area (Å²) in [5.41, 5.74) is 0.817. The molecule has 1 unspecified atom stereocenters. The average Bonchev–Trinajstić information content (AvgIpc) is 2.39. The molecule has 0 spiro atoms. The maximum Gasteiger partial charge on any atom is 0.173 e. The molecule has 3 nitrogen and oxygen atoms in total. The van der Waals surface area contributed by atoms with Gasteiger partial charge in [-0.05, 0) is 56.6 Å². The number of nitrogens with one attached hydrogen (secondary N) is 1. The topological polar surface area (TPSA) is 24.5 Å². The van der Waals surface area contributed by atoms with Crippen LogP contribution in [0.2, 0.25) is 5.02 Å². The molecule has 1 atom stereocenters. The molecule has 1 N–H and O–H groups in total. The average molecular weight is 299 g/mol. The van der Waals surface area contributed by atoms with Crippen molar-refractivity contribution < 1.29 is 4.74 Å². The lowest BCUT2D eigenvalue weighted by molar-refractivity contribution is 0.262. The minimum Gasteiger partial charge on any atom is -0.495 e. The second kappa shape index (κ2) is 6.44. The van der Waals surface area contributed by atoms with Crippen LogP contribution in [0.1, 0.15) is 26.2 Å². The van der Waals surface area contributed by atoms with Gasteiger partial charge in [0.15, 0.2) is 5.11 Å². The Kier molecular flexibility index (Phi) is 4.88. The quantitative estimate of drug-likeness (QED) is 0.837. The molecule has 1 aromatic rings. The maximum absolute atomic E-state index is 6.02. The van der Waals surface area contributed by atoms with E-state index in [4.69, 9.17) is 28.6 Å². The number of benzene rings is 1. The molecule has 1 aromatic carbocycles. The van der Waals surface area contributed by atoms with Crippen molar-refractivity contribution in [2.24, 2.45) is 0 Å². The van der Waals surface area contributed by atoms with Gasteiger partial charge < -0.3 is 15.0 Å². The third kappa shape index (κ3) is 3.51. The second-order valence-electron chi connectivity index (χ2n) is 4.81. The Morgan fingerprint density at radius 2 is 2.26 bits per heavy atom. The van der Waals surface area contributed by atoms with Crippen molar-refractivity contribution in [1.29, 1.82) is 0 Å². The second-order valence-corrected chi connectivity index (χ2v) is 5.64. The zero-order chi connectivity index (χ0) is 13.8. The first-order chi connectivity index (χ1) is 9.11. The van der Waals surface area contributed by atoms with Crippen molar-refractivity contribution in [2.45, 2.75) is 32.2 Å². The molecule has 0 bridgehead atoms. The molecule has 0 aliphatic carbocycles. The summed E-state index contributed by atoms with van der Waals surface area (Å²) in [6.07, 6.45) is 3.66. The molecular weight excluding hydrogens is 280 g/mol. The van der Waals surface area contributed by atoms with E-state index in [-0.39, 0.29) is 0 Å². The van der Waals surface area contributed by atoms with Crippen LogP contribution >= 0.6 is 23.8 Å². The zero-order valence-corrected chi connectivity index (χ0v) is 12.9. The third-order valence-corrected chi connectivity index (χ3v) is 4.04. The van der Waals surface area contributed by atoms with Crippen LogP contribution in [-0.2, 0) is 0 Å². The maximum atomic E-state index is 6.02. The first kappa shape index (κ1) is 14.4. The first-order valence-electron chi connectivity index (χ1n) is 6.53. The molecule has 104 valence electrons. The number of hydrogen-bond acceptors (Lipinski definition) is 2. The zero-order valence-electron chi connectivity index (χ0n) is 11.3. The number of thiocarbonyl (C=S) groups is 1. The van der Waals surface area contributed by atoms with Gasteiger partial charge in [-0.25, -0.2) is 0 Å². The number of likely N-dealkylation sites (tertiary alicyclic amines) is 1. The van der Waals surface area contributed by atoms with E-state index >= 15 is 0 Å². The first-order valence-corrected chi connectivity index (χ1v) is 7.31. The fraction of sp³-hybridized carbons (Fsp3) is 0.500. The van der Waals surface area contributed by atoms with Crippen LogP contribution in [0, 0.1) is 0 Å². The van der Waals surface area contributed by atoms with Crippen LogP contribution in [0.15, 0.2) is 18.2 Å². The van der Waals surface area contributed by atoms with Gasteiger partial charge in [0, 0.05) is 17.6 Å². The highest BCUT2D eigenvalue weighted by Crippen LogP contribution is 2.28. The van der Waals surface area contributed by atoms with Crippen LogP contribution in [0.4, 0.5) is 5.69 Å². The van der Waals surface area contributed by atoms with Crippen LogP contribution < -0.4 is 10.1 Å². The number of methoxy groups -OCH3 is 1. The number of halogens is 1. The summed E-state index contributed by atoms with van der Waals surface area (Å²) < 4.78 is 5.32. The number of rotatable bonds is 2. The van der Waals surface area contributed by atoms with E-state index in [1.807, 2.05) is 12.1 Å². The van der Waals surface area contributed by atoms with Gasteiger partial charge in [0.1, 0.15) is 5.75 Å². The van der Waals surface area contributed by atoms with Crippen LogP contribution in [0.25, 0.3) is 0 Å². The molecule has 0 aromatic heterocycles. The molecule has 1 saturated heterocycles. The molecule has 1 heterocycles. The minimum atomic E-state index is 0.485. The van der Waals surface area contributed by atoms with Crippen LogP contribution in [0.3, 0.4) is 0 Å². The molecular formula is C14H19ClN2OS. The Morgan fingerprint density at radius 3 is 2.95 bits per heavy atom. The van der Waals surface area contributed by atoms with Crippen molar-refractivity contribution in [1.82, 2.24) is 4.90 Å². The fourth-order valence-electron chi connectivity index (χ4n) is 2.36. The predicted octanol–water partition coefficient (Wildman–Crippen LogP) is 3.92. The number of nitrogens with zero attached hydrogens (tertiary/aromatic N) is 1. The van der Waals surface area contributed by atoms with Crippen molar-refractivity contribution in [2.75, 3.05) is 19.0 Å². The molecule has 1 fully saturated rings. The van der Waals surface area contributed by atoms with Gasteiger partial charge in [0.2, 0.25) is 0 Å². The summed E-state index contributed by atoms with van der Waals surface area (Å²) in [5, 5.41) is 4.66. The summed E-state index contributed by atoms with van der Waals surface area (Å²) in [7, 11) is 1.64. The lowest BCUT2D eigenvalue weighted by Gasteiger charge is -2.35. The molecule has 1 aliphatic rings. The number of piperidine rings is 1. The molecule has 0 saturated carbocycles. The standard InChI is InChI=1S/C14H19ClN2OS/c1-10-5-3-4-8-17(10)14(19)16-12-9-11(15)6-7-13(12)18-2/h6-7,9-10H,3-5,8H2,1-2H3,(H,16,19). The Morgan fingerprint density at radius 1 is 1.47 bits per heavy atom. The Labute approximate surface area is 124 Å². The minimum absolute atomic E-state index is 0.485. The van der Waals surface area contributed by atoms with Crippen LogP contribution in [-0.4, -0.2) is 29.7 Å². The summed E-state index contributed by atoms with van der Waals surface area (Å²) in [5.74, 6) is 0.747. The monoisotopic (exact) mass is 298 g/mol. The molecule has 2 rings (SSSR count). The van der Waals surface area contributed by atoms with Gasteiger partial charge in [0.25, 0.3) is 0 Å². The molecule has 1 aliphatic heterocycles. The Hall–Kier alpha value is -1.00. The lowest BCUT2D eigenvalue weighted by Crippen LogP contribution is -2.44. The smallest absolute Gasteiger partial charge is 0.173 e. The van der Waals surface area contributed by atoms with Crippen LogP contribution in [0.5, 0.6) is 5.75 Å². The highest BCUT2D eigenvalue weighted by molar-refractivity contribution is 7.80. The summed E-state index contributed by atoms with van der Waals surface area (Å²) >= 11 is 11.5. The lowest BCUT2D eigenvalue weighted by atomic mass is 10.0. The number of anilines is 1. The van der Waals surface area contributed by atoms with E-state index in [1.54, 1.807) is 13.2 Å². The normalized spacial score (nSPS) is 19.1. The van der Waals surface area contributed by atoms with E-state index in [9.17, 15) is 0 Å². The van der Waals surface area contributed by atoms with E-state index in [0.717, 1.165) is 23.1 Å². The largest absolute Gasteiger partial charge is 0.495 e. The summed E-state index contributed by atoms with van der Waals surface area (Å²) in [4.78, 5) is 2.24. The molecule has 0 amide bonds. The predicted molar refractivity (Wildman–Crippen MR) is 84.2 cm³/mol. The fourth-order valence-corrected chi connectivity index (χ4v) is 2.92. The van der Waals surface area contributed by atoms with Crippen molar-refractivity contribution in [3.63, 3.8) is 0 Å². The third-order valence-electron chi connectivity index (χ3n) is 3.47. The highest BCUT2D eigenvalue weighted by Gasteiger charge is 2.21. The van der Waals surface area contributed by atoms with Gasteiger partial charge in [-0.2, -0.15) is 0 Å². The van der Waals surface area contributed by atoms with E-state index in [2.05, 4.69) is 17.1 Å². The van der Waals surface area contributed by atoms with E-state index in [1.165, 1.54) is 19.3 Å². The summed E-state index contributed by atoms with van der Waals surface area (Å²) in [6, 6.07) is 5.96. The SMILES string of the molecule is COc1ccc(Cl)cc1NC(=S)N1CCCCC1C. The highest BCUT2D eigenvalue weighted by atomic mass is 35.5. The van der Waals surface area contributed by atoms with Crippen molar-refractivity contribution in [3.05, 3.63) is 23.2 Å². The van der Waals surface area contributed by atoms with Gasteiger partial charge in [-0.3, -0.25) is 0 Å². The van der Waals surface area contributed by atoms with Gasteiger partial charge in [0.05, 0.1) is 12.8 Å². The van der Waals surface area contributed by atoms with Gasteiger partial charge in [-0.15, -0.1) is 0 Å².